The van der Waals surface area contributed by atoms with Crippen LogP contribution < -0.4 is 5.32 Å². The van der Waals surface area contributed by atoms with Gasteiger partial charge in [-0.2, -0.15) is 5.10 Å². The Bertz CT molecular complexity index is 611. The summed E-state index contributed by atoms with van der Waals surface area (Å²) in [7, 11) is 0. The molecular weight excluding hydrogens is 248 g/mol. The highest BCUT2D eigenvalue weighted by molar-refractivity contribution is 5.37. The second-order valence-corrected chi connectivity index (χ2v) is 5.62. The number of hydrogen-bond donors (Lipinski definition) is 1. The first-order valence-electron chi connectivity index (χ1n) is 7.41. The SMILES string of the molecule is CCc1c(C)nn(-c2cncc(CNC3CC3)c2)c1C. The smallest absolute Gasteiger partial charge is 0.0835 e. The molecule has 0 atom stereocenters. The number of nitrogens with zero attached hydrogens (tertiary/aromatic N) is 3. The molecule has 0 unspecified atom stereocenters. The van der Waals surface area contributed by atoms with E-state index in [1.807, 2.05) is 17.1 Å². The number of aryl methyl sites for hydroxylation is 1. The van der Waals surface area contributed by atoms with Crippen molar-refractivity contribution in [3.8, 4) is 5.69 Å². The van der Waals surface area contributed by atoms with Crippen LogP contribution in [0.15, 0.2) is 18.5 Å². The van der Waals surface area contributed by atoms with Crippen molar-refractivity contribution in [1.82, 2.24) is 20.1 Å². The number of nitrogens with one attached hydrogen (secondary N) is 1. The molecule has 4 nitrogen and oxygen atoms in total. The maximum Gasteiger partial charge on any atom is 0.0835 e. The van der Waals surface area contributed by atoms with Crippen LogP contribution in [0.4, 0.5) is 0 Å². The standard InChI is InChI=1S/C16H22N4/c1-4-16-11(2)19-20(12(16)3)15-7-13(8-17-10-15)9-18-14-5-6-14/h7-8,10,14,18H,4-6,9H2,1-3H3. The molecule has 4 heteroatoms. The highest BCUT2D eigenvalue weighted by Gasteiger charge is 2.20. The highest BCUT2D eigenvalue weighted by Crippen LogP contribution is 2.21. The van der Waals surface area contributed by atoms with E-state index in [1.165, 1.54) is 29.7 Å². The molecule has 0 radical (unpaired) electrons. The van der Waals surface area contributed by atoms with Gasteiger partial charge in [-0.05, 0) is 50.3 Å². The molecule has 0 spiro atoms. The Hall–Kier alpha value is -1.68. The van der Waals surface area contributed by atoms with Crippen molar-refractivity contribution in [2.75, 3.05) is 0 Å². The van der Waals surface area contributed by atoms with E-state index in [2.05, 4.69) is 42.2 Å². The molecule has 2 aromatic heterocycles. The van der Waals surface area contributed by atoms with E-state index in [0.717, 1.165) is 30.4 Å². The minimum atomic E-state index is 0.721. The van der Waals surface area contributed by atoms with E-state index >= 15 is 0 Å². The van der Waals surface area contributed by atoms with Crippen LogP contribution in [-0.2, 0) is 13.0 Å². The molecule has 0 aliphatic heterocycles. The molecule has 1 aliphatic carbocycles. The fourth-order valence-electron chi connectivity index (χ4n) is 2.67. The number of rotatable bonds is 5. The van der Waals surface area contributed by atoms with Crippen molar-refractivity contribution >= 4 is 0 Å². The summed E-state index contributed by atoms with van der Waals surface area (Å²) >= 11 is 0. The Balaban J connectivity index is 1.87. The van der Waals surface area contributed by atoms with Crippen LogP contribution in [-0.4, -0.2) is 20.8 Å². The second kappa shape index (κ2) is 5.37. The lowest BCUT2D eigenvalue weighted by atomic mass is 10.1. The van der Waals surface area contributed by atoms with Gasteiger partial charge in [0.2, 0.25) is 0 Å². The summed E-state index contributed by atoms with van der Waals surface area (Å²) in [5.74, 6) is 0. The quantitative estimate of drug-likeness (QED) is 0.908. The van der Waals surface area contributed by atoms with Crippen LogP contribution >= 0.6 is 0 Å². The summed E-state index contributed by atoms with van der Waals surface area (Å²) in [5.41, 5.74) is 5.96. The molecule has 0 saturated heterocycles. The molecule has 1 saturated carbocycles. The zero-order chi connectivity index (χ0) is 14.1. The fourth-order valence-corrected chi connectivity index (χ4v) is 2.67. The molecule has 2 aromatic rings. The molecule has 1 N–H and O–H groups in total. The summed E-state index contributed by atoms with van der Waals surface area (Å²) in [6.07, 6.45) is 7.47. The summed E-state index contributed by atoms with van der Waals surface area (Å²) in [6, 6.07) is 2.90. The average Bonchev–Trinajstić information content (AvgIpc) is 3.23. The molecular formula is C16H22N4. The normalized spacial score (nSPS) is 14.8. The topological polar surface area (TPSA) is 42.7 Å². The summed E-state index contributed by atoms with van der Waals surface area (Å²) < 4.78 is 2.02. The van der Waals surface area contributed by atoms with Crippen molar-refractivity contribution in [2.45, 2.75) is 52.6 Å². The second-order valence-electron chi connectivity index (χ2n) is 5.62. The van der Waals surface area contributed by atoms with Gasteiger partial charge in [-0.1, -0.05) is 6.92 Å². The zero-order valence-corrected chi connectivity index (χ0v) is 12.5. The van der Waals surface area contributed by atoms with Gasteiger partial charge in [-0.3, -0.25) is 4.98 Å². The predicted molar refractivity (Wildman–Crippen MR) is 80.1 cm³/mol. The number of aromatic nitrogens is 3. The van der Waals surface area contributed by atoms with Crippen molar-refractivity contribution in [3.05, 3.63) is 41.0 Å². The molecule has 0 bridgehead atoms. The van der Waals surface area contributed by atoms with E-state index in [-0.39, 0.29) is 0 Å². The van der Waals surface area contributed by atoms with E-state index in [0.29, 0.717) is 0 Å². The van der Waals surface area contributed by atoms with Gasteiger partial charge in [0.15, 0.2) is 0 Å². The number of pyridine rings is 1. The maximum atomic E-state index is 4.66. The van der Waals surface area contributed by atoms with Crippen molar-refractivity contribution in [1.29, 1.82) is 0 Å². The molecule has 3 rings (SSSR count). The minimum absolute atomic E-state index is 0.721. The fraction of sp³-hybridized carbons (Fsp3) is 0.500. The molecule has 20 heavy (non-hydrogen) atoms. The monoisotopic (exact) mass is 270 g/mol. The number of hydrogen-bond acceptors (Lipinski definition) is 3. The van der Waals surface area contributed by atoms with Crippen LogP contribution in [0, 0.1) is 13.8 Å². The van der Waals surface area contributed by atoms with Crippen LogP contribution in [0.2, 0.25) is 0 Å². The molecule has 0 aromatic carbocycles. The summed E-state index contributed by atoms with van der Waals surface area (Å²) in [5, 5.41) is 8.18. The van der Waals surface area contributed by atoms with Crippen LogP contribution in [0.1, 0.15) is 42.3 Å². The van der Waals surface area contributed by atoms with Crippen molar-refractivity contribution < 1.29 is 0 Å². The first-order chi connectivity index (χ1) is 9.69. The molecule has 1 fully saturated rings. The molecule has 106 valence electrons. The zero-order valence-electron chi connectivity index (χ0n) is 12.5. The van der Waals surface area contributed by atoms with Gasteiger partial charge in [0.25, 0.3) is 0 Å². The van der Waals surface area contributed by atoms with Crippen molar-refractivity contribution in [3.63, 3.8) is 0 Å². The lowest BCUT2D eigenvalue weighted by molar-refractivity contribution is 0.684. The first kappa shape index (κ1) is 13.3. The lowest BCUT2D eigenvalue weighted by Crippen LogP contribution is -2.15. The summed E-state index contributed by atoms with van der Waals surface area (Å²) in [4.78, 5) is 4.36. The Morgan fingerprint density at radius 1 is 1.30 bits per heavy atom. The third kappa shape index (κ3) is 2.61. The van der Waals surface area contributed by atoms with Gasteiger partial charge in [0.1, 0.15) is 0 Å². The van der Waals surface area contributed by atoms with Gasteiger partial charge in [-0.15, -0.1) is 0 Å². The van der Waals surface area contributed by atoms with E-state index in [9.17, 15) is 0 Å². The summed E-state index contributed by atoms with van der Waals surface area (Å²) in [6.45, 7) is 7.28. The lowest BCUT2D eigenvalue weighted by Gasteiger charge is -2.08. The van der Waals surface area contributed by atoms with Gasteiger partial charge >= 0.3 is 0 Å². The Labute approximate surface area is 120 Å². The van der Waals surface area contributed by atoms with Crippen LogP contribution in [0.3, 0.4) is 0 Å². The Morgan fingerprint density at radius 2 is 2.10 bits per heavy atom. The van der Waals surface area contributed by atoms with Gasteiger partial charge < -0.3 is 5.32 Å². The predicted octanol–water partition coefficient (Wildman–Crippen LogP) is 2.70. The van der Waals surface area contributed by atoms with Crippen molar-refractivity contribution in [2.24, 2.45) is 0 Å². The van der Waals surface area contributed by atoms with E-state index in [1.54, 1.807) is 0 Å². The minimum Gasteiger partial charge on any atom is -0.310 e. The van der Waals surface area contributed by atoms with Gasteiger partial charge in [-0.25, -0.2) is 4.68 Å². The molecule has 2 heterocycles. The third-order valence-corrected chi connectivity index (χ3v) is 3.99. The van der Waals surface area contributed by atoms with Crippen LogP contribution in [0.25, 0.3) is 5.69 Å². The van der Waals surface area contributed by atoms with Gasteiger partial charge in [0, 0.05) is 24.5 Å². The maximum absolute atomic E-state index is 4.66. The average molecular weight is 270 g/mol. The molecule has 1 aliphatic rings. The van der Waals surface area contributed by atoms with Crippen LogP contribution in [0.5, 0.6) is 0 Å². The highest BCUT2D eigenvalue weighted by atomic mass is 15.3. The van der Waals surface area contributed by atoms with E-state index < -0.39 is 0 Å². The van der Waals surface area contributed by atoms with Gasteiger partial charge in [0.05, 0.1) is 17.6 Å². The Kier molecular flexibility index (Phi) is 3.57. The first-order valence-corrected chi connectivity index (χ1v) is 7.41. The third-order valence-electron chi connectivity index (χ3n) is 3.99. The largest absolute Gasteiger partial charge is 0.310 e. The molecule has 0 amide bonds. The Morgan fingerprint density at radius 3 is 2.75 bits per heavy atom. The van der Waals surface area contributed by atoms with E-state index in [4.69, 9.17) is 0 Å².